The first-order valence-corrected chi connectivity index (χ1v) is 9.28. The lowest BCUT2D eigenvalue weighted by Crippen LogP contribution is -2.36. The summed E-state index contributed by atoms with van der Waals surface area (Å²) in [7, 11) is 0. The lowest BCUT2D eigenvalue weighted by molar-refractivity contribution is -0.213. The third-order valence-electron chi connectivity index (χ3n) is 5.23. The molecule has 0 bridgehead atoms. The Balaban J connectivity index is 1.95. The second kappa shape index (κ2) is 6.72. The molecule has 0 atom stereocenters. The van der Waals surface area contributed by atoms with Gasteiger partial charge in [0.1, 0.15) is 11.1 Å². The molecule has 0 unspecified atom stereocenters. The summed E-state index contributed by atoms with van der Waals surface area (Å²) in [6, 6.07) is 3.42. The van der Waals surface area contributed by atoms with Crippen LogP contribution in [0, 0.1) is 5.41 Å². The Morgan fingerprint density at radius 2 is 1.86 bits per heavy atom. The zero-order valence-corrected chi connectivity index (χ0v) is 16.4. The van der Waals surface area contributed by atoms with Crippen LogP contribution < -0.4 is 5.32 Å². The van der Waals surface area contributed by atoms with Gasteiger partial charge in [0.25, 0.3) is 0 Å². The van der Waals surface area contributed by atoms with E-state index in [2.05, 4.69) is 15.3 Å². The van der Waals surface area contributed by atoms with Crippen molar-refractivity contribution in [1.29, 1.82) is 0 Å². The van der Waals surface area contributed by atoms with Crippen LogP contribution in [-0.2, 0) is 10.4 Å². The van der Waals surface area contributed by atoms with Gasteiger partial charge in [-0.25, -0.2) is 9.97 Å². The predicted octanol–water partition coefficient (Wildman–Crippen LogP) is 4.30. The zero-order valence-electron chi connectivity index (χ0n) is 16.4. The molecule has 6 nitrogen and oxygen atoms in total. The number of hydrogen-bond acceptors (Lipinski definition) is 4. The number of alkyl halides is 3. The van der Waals surface area contributed by atoms with Crippen molar-refractivity contribution in [2.45, 2.75) is 71.2 Å². The number of imidazole rings is 1. The molecule has 0 radical (unpaired) electrons. The van der Waals surface area contributed by atoms with E-state index in [4.69, 9.17) is 0 Å². The number of aliphatic hydroxyl groups is 1. The molecule has 1 aliphatic rings. The Hall–Kier alpha value is -2.16. The molecule has 0 aromatic carbocycles. The maximum atomic E-state index is 13.1. The minimum absolute atomic E-state index is 0.0699. The van der Waals surface area contributed by atoms with Crippen molar-refractivity contribution in [3.05, 3.63) is 17.8 Å². The maximum Gasteiger partial charge on any atom is 0.394 e. The summed E-state index contributed by atoms with van der Waals surface area (Å²) in [4.78, 5) is 21.2. The molecule has 2 aromatic heterocycles. The summed E-state index contributed by atoms with van der Waals surface area (Å²) in [6.45, 7) is 5.23. The van der Waals surface area contributed by atoms with Gasteiger partial charge in [-0.2, -0.15) is 13.2 Å². The summed E-state index contributed by atoms with van der Waals surface area (Å²) in [5, 5.41) is 12.8. The molecular formula is C19H25F3N4O2. The number of anilines is 1. The van der Waals surface area contributed by atoms with E-state index < -0.39 is 29.5 Å². The molecule has 2 aromatic rings. The Morgan fingerprint density at radius 1 is 1.21 bits per heavy atom. The van der Waals surface area contributed by atoms with Crippen molar-refractivity contribution in [3.8, 4) is 0 Å². The summed E-state index contributed by atoms with van der Waals surface area (Å²) < 4.78 is 41.0. The average Bonchev–Trinajstić information content (AvgIpc) is 2.80. The predicted molar refractivity (Wildman–Crippen MR) is 98.7 cm³/mol. The topological polar surface area (TPSA) is 80.0 Å². The average molecular weight is 398 g/mol. The van der Waals surface area contributed by atoms with Crippen molar-refractivity contribution >= 4 is 23.0 Å². The Kier molecular flexibility index (Phi) is 4.94. The van der Waals surface area contributed by atoms with E-state index in [1.807, 2.05) is 0 Å². The second-order valence-corrected chi connectivity index (χ2v) is 8.59. The highest BCUT2D eigenvalue weighted by Crippen LogP contribution is 2.41. The van der Waals surface area contributed by atoms with Gasteiger partial charge in [-0.1, -0.05) is 13.8 Å². The minimum Gasteiger partial charge on any atom is -0.384 e. The van der Waals surface area contributed by atoms with Crippen LogP contribution >= 0.6 is 0 Å². The quantitative estimate of drug-likeness (QED) is 0.787. The largest absolute Gasteiger partial charge is 0.394 e. The summed E-state index contributed by atoms with van der Waals surface area (Å²) in [5.74, 6) is -0.552. The van der Waals surface area contributed by atoms with E-state index in [1.54, 1.807) is 30.5 Å². The first-order chi connectivity index (χ1) is 12.8. The Morgan fingerprint density at radius 3 is 2.36 bits per heavy atom. The summed E-state index contributed by atoms with van der Waals surface area (Å²) >= 11 is 0. The van der Waals surface area contributed by atoms with Crippen LogP contribution in [0.5, 0.6) is 0 Å². The lowest BCUT2D eigenvalue weighted by Gasteiger charge is -2.29. The zero-order chi connectivity index (χ0) is 20.9. The van der Waals surface area contributed by atoms with E-state index >= 15 is 0 Å². The smallest absolute Gasteiger partial charge is 0.384 e. The van der Waals surface area contributed by atoms with Gasteiger partial charge in [-0.15, -0.1) is 0 Å². The number of hydrogen-bond donors (Lipinski definition) is 2. The second-order valence-electron chi connectivity index (χ2n) is 8.59. The molecule has 1 saturated carbocycles. The lowest BCUT2D eigenvalue weighted by atomic mass is 9.88. The van der Waals surface area contributed by atoms with Gasteiger partial charge in [-0.3, -0.25) is 14.7 Å². The number of pyridine rings is 1. The highest BCUT2D eigenvalue weighted by atomic mass is 19.4. The first kappa shape index (κ1) is 20.6. The number of carbonyl (C=O) groups excluding carboxylic acids is 1. The third-order valence-corrected chi connectivity index (χ3v) is 5.23. The molecule has 1 fully saturated rings. The number of rotatable bonds is 5. The van der Waals surface area contributed by atoms with Gasteiger partial charge < -0.3 is 5.11 Å². The van der Waals surface area contributed by atoms with E-state index in [9.17, 15) is 23.1 Å². The molecule has 9 heteroatoms. The van der Waals surface area contributed by atoms with Crippen molar-refractivity contribution < 1.29 is 23.1 Å². The van der Waals surface area contributed by atoms with Crippen molar-refractivity contribution in [1.82, 2.24) is 14.5 Å². The van der Waals surface area contributed by atoms with E-state index in [0.29, 0.717) is 16.9 Å². The molecule has 2 N–H and O–H groups in total. The highest BCUT2D eigenvalue weighted by molar-refractivity contribution is 5.91. The van der Waals surface area contributed by atoms with Gasteiger partial charge in [0.15, 0.2) is 5.65 Å². The van der Waals surface area contributed by atoms with Gasteiger partial charge in [0.2, 0.25) is 11.9 Å². The fraction of sp³-hybridized carbons (Fsp3) is 0.632. The van der Waals surface area contributed by atoms with Crippen LogP contribution in [0.4, 0.5) is 19.1 Å². The fourth-order valence-electron chi connectivity index (χ4n) is 3.06. The summed E-state index contributed by atoms with van der Waals surface area (Å²) in [6.07, 6.45) is -2.42. The van der Waals surface area contributed by atoms with Crippen molar-refractivity contribution in [2.75, 3.05) is 5.32 Å². The minimum atomic E-state index is -4.48. The van der Waals surface area contributed by atoms with E-state index in [1.165, 1.54) is 0 Å². The number of nitrogens with one attached hydrogen (secondary N) is 1. The van der Waals surface area contributed by atoms with Gasteiger partial charge in [0, 0.05) is 12.5 Å². The SMILES string of the molecule is CC(C)(O)c1ccc2nc(NC(=O)CC(C)(C)C(F)(F)F)n(C3CCC3)c2n1. The number of carbonyl (C=O) groups is 1. The number of nitrogens with zero attached hydrogens (tertiary/aromatic N) is 3. The molecule has 0 spiro atoms. The standard InChI is InChI=1S/C19H25F3N4O2/c1-17(2,19(20,21)22)10-14(27)25-16-23-12-8-9-13(18(3,4)28)24-15(12)26(16)11-6-5-7-11/h8-9,11,28H,5-7,10H2,1-4H3,(H,23,25,27). The molecule has 0 saturated heterocycles. The third kappa shape index (κ3) is 3.85. The van der Waals surface area contributed by atoms with Gasteiger partial charge in [-0.05, 0) is 45.2 Å². The molecular weight excluding hydrogens is 373 g/mol. The molecule has 28 heavy (non-hydrogen) atoms. The van der Waals surface area contributed by atoms with E-state index in [0.717, 1.165) is 33.1 Å². The Bertz CT molecular complexity index is 893. The van der Waals surface area contributed by atoms with Gasteiger partial charge >= 0.3 is 6.18 Å². The van der Waals surface area contributed by atoms with Crippen LogP contribution in [0.2, 0.25) is 0 Å². The summed E-state index contributed by atoms with van der Waals surface area (Å²) in [5.41, 5.74) is -1.81. The molecule has 154 valence electrons. The molecule has 2 heterocycles. The maximum absolute atomic E-state index is 13.1. The number of fused-ring (bicyclic) bond motifs is 1. The van der Waals surface area contributed by atoms with Crippen molar-refractivity contribution in [3.63, 3.8) is 0 Å². The highest BCUT2D eigenvalue weighted by Gasteiger charge is 2.48. The molecule has 1 aliphatic carbocycles. The van der Waals surface area contributed by atoms with Crippen LogP contribution in [0.1, 0.15) is 65.1 Å². The number of amides is 1. The molecule has 0 aliphatic heterocycles. The van der Waals surface area contributed by atoms with Crippen molar-refractivity contribution in [2.24, 2.45) is 5.41 Å². The first-order valence-electron chi connectivity index (χ1n) is 9.28. The van der Waals surface area contributed by atoms with Crippen LogP contribution in [0.3, 0.4) is 0 Å². The van der Waals surface area contributed by atoms with Crippen LogP contribution in [-0.4, -0.2) is 31.7 Å². The van der Waals surface area contributed by atoms with Crippen LogP contribution in [0.15, 0.2) is 12.1 Å². The van der Waals surface area contributed by atoms with Gasteiger partial charge in [0.05, 0.1) is 11.1 Å². The Labute approximate surface area is 161 Å². The number of aromatic nitrogens is 3. The number of halogens is 3. The monoisotopic (exact) mass is 398 g/mol. The molecule has 1 amide bonds. The van der Waals surface area contributed by atoms with E-state index in [-0.39, 0.29) is 12.0 Å². The fourth-order valence-corrected chi connectivity index (χ4v) is 3.06. The molecule has 3 rings (SSSR count). The van der Waals surface area contributed by atoms with Crippen LogP contribution in [0.25, 0.3) is 11.2 Å². The normalized spacial score (nSPS) is 16.3.